The summed E-state index contributed by atoms with van der Waals surface area (Å²) >= 11 is 5.92. The average molecular weight is 292 g/mol. The first kappa shape index (κ1) is 13.8. The van der Waals surface area contributed by atoms with E-state index in [1.807, 2.05) is 6.92 Å². The van der Waals surface area contributed by atoms with Crippen LogP contribution in [0.25, 0.3) is 0 Å². The lowest BCUT2D eigenvalue weighted by molar-refractivity contribution is 0.494. The number of hydrogen-bond donors (Lipinski definition) is 1. The highest BCUT2D eigenvalue weighted by Crippen LogP contribution is 2.34. The normalized spacial score (nSPS) is 17.9. The third-order valence-electron chi connectivity index (χ3n) is 3.22. The molecule has 1 aromatic heterocycles. The molecule has 1 aliphatic carbocycles. The van der Waals surface area contributed by atoms with Crippen molar-refractivity contribution in [3.8, 4) is 0 Å². The van der Waals surface area contributed by atoms with Gasteiger partial charge in [-0.2, -0.15) is 0 Å². The number of aryl methyl sites for hydroxylation is 1. The second-order valence-electron chi connectivity index (χ2n) is 4.86. The summed E-state index contributed by atoms with van der Waals surface area (Å²) in [5.74, 6) is 0.678. The first-order valence-electron chi connectivity index (χ1n) is 6.13. The van der Waals surface area contributed by atoms with E-state index in [9.17, 15) is 8.42 Å². The van der Waals surface area contributed by atoms with Crippen molar-refractivity contribution in [1.82, 2.24) is 14.3 Å². The number of aromatic nitrogens is 2. The molecule has 1 fully saturated rings. The fraction of sp³-hybridized carbons (Fsp3) is 0.727. The molecule has 0 bridgehead atoms. The summed E-state index contributed by atoms with van der Waals surface area (Å²) in [4.78, 5) is 3.85. The molecule has 1 atom stereocenters. The van der Waals surface area contributed by atoms with E-state index in [4.69, 9.17) is 11.6 Å². The minimum atomic E-state index is -3.61. The summed E-state index contributed by atoms with van der Waals surface area (Å²) in [6.45, 7) is 1.98. The molecular weight excluding hydrogens is 274 g/mol. The molecule has 0 spiro atoms. The lowest BCUT2D eigenvalue weighted by Crippen LogP contribution is -2.35. The molecular formula is C11H18ClN3O2S. The van der Waals surface area contributed by atoms with E-state index < -0.39 is 10.0 Å². The van der Waals surface area contributed by atoms with E-state index in [0.29, 0.717) is 5.92 Å². The Morgan fingerprint density at radius 3 is 2.72 bits per heavy atom. The summed E-state index contributed by atoms with van der Waals surface area (Å²) < 4.78 is 28.5. The largest absolute Gasteiger partial charge is 0.324 e. The fourth-order valence-corrected chi connectivity index (χ4v) is 3.67. The van der Waals surface area contributed by atoms with Crippen LogP contribution in [-0.2, 0) is 17.1 Å². The van der Waals surface area contributed by atoms with Gasteiger partial charge in [-0.1, -0.05) is 31.4 Å². The average Bonchev–Trinajstić information content (AvgIpc) is 3.05. The Hall–Kier alpha value is -0.590. The Balaban J connectivity index is 2.12. The number of hydrogen-bond acceptors (Lipinski definition) is 3. The van der Waals surface area contributed by atoms with Gasteiger partial charge in [0.2, 0.25) is 5.03 Å². The molecule has 0 aromatic carbocycles. The van der Waals surface area contributed by atoms with E-state index in [2.05, 4.69) is 9.71 Å². The maximum absolute atomic E-state index is 12.2. The van der Waals surface area contributed by atoms with Gasteiger partial charge >= 0.3 is 0 Å². The first-order chi connectivity index (χ1) is 8.44. The van der Waals surface area contributed by atoms with Crippen LogP contribution in [0.1, 0.15) is 32.6 Å². The molecule has 1 aromatic rings. The number of imidazole rings is 1. The van der Waals surface area contributed by atoms with E-state index in [1.165, 1.54) is 23.7 Å². The van der Waals surface area contributed by atoms with Crippen LogP contribution in [0.5, 0.6) is 0 Å². The summed E-state index contributed by atoms with van der Waals surface area (Å²) in [6, 6.07) is -0.0272. The van der Waals surface area contributed by atoms with Crippen molar-refractivity contribution in [3.05, 3.63) is 11.5 Å². The summed E-state index contributed by atoms with van der Waals surface area (Å²) in [5.41, 5.74) is 0. The molecule has 1 aliphatic rings. The van der Waals surface area contributed by atoms with E-state index in [-0.39, 0.29) is 16.2 Å². The highest BCUT2D eigenvalue weighted by molar-refractivity contribution is 7.89. The lowest BCUT2D eigenvalue weighted by atomic mass is 10.1. The Kier molecular flexibility index (Phi) is 3.99. The van der Waals surface area contributed by atoms with Crippen molar-refractivity contribution in [2.75, 3.05) is 0 Å². The Bertz CT molecular complexity index is 522. The Morgan fingerprint density at radius 2 is 2.28 bits per heavy atom. The number of sulfonamides is 1. The number of halogens is 1. The molecule has 1 N–H and O–H groups in total. The quantitative estimate of drug-likeness (QED) is 0.871. The fourth-order valence-electron chi connectivity index (χ4n) is 1.90. The van der Waals surface area contributed by atoms with E-state index in [0.717, 1.165) is 12.8 Å². The number of nitrogens with one attached hydrogen (secondary N) is 1. The van der Waals surface area contributed by atoms with Gasteiger partial charge in [-0.3, -0.25) is 0 Å². The highest BCUT2D eigenvalue weighted by atomic mass is 35.5. The number of rotatable bonds is 6. The molecule has 1 heterocycles. The van der Waals surface area contributed by atoms with E-state index >= 15 is 0 Å². The molecule has 1 unspecified atom stereocenters. The monoisotopic (exact) mass is 291 g/mol. The summed E-state index contributed by atoms with van der Waals surface area (Å²) in [6.07, 6.45) is 5.50. The number of nitrogens with zero attached hydrogens (tertiary/aromatic N) is 2. The molecule has 0 saturated heterocycles. The van der Waals surface area contributed by atoms with Crippen molar-refractivity contribution in [1.29, 1.82) is 0 Å². The molecule has 2 rings (SSSR count). The maximum atomic E-state index is 12.2. The van der Waals surface area contributed by atoms with Gasteiger partial charge in [0.05, 0.1) is 6.33 Å². The Labute approximate surface area is 113 Å². The van der Waals surface area contributed by atoms with Gasteiger partial charge in [-0.05, 0) is 18.8 Å². The second kappa shape index (κ2) is 5.19. The smallest absolute Gasteiger partial charge is 0.261 e. The van der Waals surface area contributed by atoms with Crippen molar-refractivity contribution in [3.63, 3.8) is 0 Å². The summed E-state index contributed by atoms with van der Waals surface area (Å²) in [5, 5.41) is 0.0599. The van der Waals surface area contributed by atoms with Gasteiger partial charge < -0.3 is 4.57 Å². The molecule has 5 nitrogen and oxygen atoms in total. The zero-order valence-electron chi connectivity index (χ0n) is 10.6. The SMILES string of the molecule is CCC(CC1CC1)NS(=O)(=O)c1ncn(C)c1Cl. The third-order valence-corrected chi connectivity index (χ3v) is 5.23. The first-order valence-corrected chi connectivity index (χ1v) is 7.99. The maximum Gasteiger partial charge on any atom is 0.261 e. The minimum Gasteiger partial charge on any atom is -0.324 e. The zero-order chi connectivity index (χ0) is 13.3. The molecule has 0 radical (unpaired) electrons. The summed E-state index contributed by atoms with van der Waals surface area (Å²) in [7, 11) is -1.95. The van der Waals surface area contributed by atoms with Crippen LogP contribution >= 0.6 is 11.6 Å². The van der Waals surface area contributed by atoms with Crippen molar-refractivity contribution in [2.24, 2.45) is 13.0 Å². The van der Waals surface area contributed by atoms with Crippen LogP contribution in [-0.4, -0.2) is 24.0 Å². The van der Waals surface area contributed by atoms with Crippen LogP contribution in [0.15, 0.2) is 11.4 Å². The minimum absolute atomic E-state index is 0.0272. The van der Waals surface area contributed by atoms with Gasteiger partial charge in [0.1, 0.15) is 5.15 Å². The topological polar surface area (TPSA) is 64.0 Å². The highest BCUT2D eigenvalue weighted by Gasteiger charge is 2.29. The third kappa shape index (κ3) is 3.05. The standard InChI is InChI=1S/C11H18ClN3O2S/c1-3-9(6-8-4-5-8)14-18(16,17)11-10(12)15(2)7-13-11/h7-9,14H,3-6H2,1-2H3. The van der Waals surface area contributed by atoms with Crippen molar-refractivity contribution in [2.45, 2.75) is 43.7 Å². The molecule has 7 heteroatoms. The van der Waals surface area contributed by atoms with Gasteiger partial charge in [0.15, 0.2) is 0 Å². The van der Waals surface area contributed by atoms with E-state index in [1.54, 1.807) is 7.05 Å². The molecule has 18 heavy (non-hydrogen) atoms. The molecule has 102 valence electrons. The lowest BCUT2D eigenvalue weighted by Gasteiger charge is -2.15. The molecule has 1 saturated carbocycles. The predicted octanol–water partition coefficient (Wildman–Crippen LogP) is 1.93. The van der Waals surface area contributed by atoms with Crippen LogP contribution in [0.4, 0.5) is 0 Å². The van der Waals surface area contributed by atoms with Crippen LogP contribution in [0.2, 0.25) is 5.15 Å². The zero-order valence-corrected chi connectivity index (χ0v) is 12.1. The van der Waals surface area contributed by atoms with Crippen LogP contribution in [0.3, 0.4) is 0 Å². The van der Waals surface area contributed by atoms with Gasteiger partial charge in [0, 0.05) is 13.1 Å². The van der Waals surface area contributed by atoms with Crippen LogP contribution < -0.4 is 4.72 Å². The second-order valence-corrected chi connectivity index (χ2v) is 6.84. The molecule has 0 aliphatic heterocycles. The van der Waals surface area contributed by atoms with Crippen molar-refractivity contribution < 1.29 is 8.42 Å². The van der Waals surface area contributed by atoms with Gasteiger partial charge in [0.25, 0.3) is 10.0 Å². The van der Waals surface area contributed by atoms with Gasteiger partial charge in [-0.25, -0.2) is 18.1 Å². The van der Waals surface area contributed by atoms with Crippen molar-refractivity contribution >= 4 is 21.6 Å². The van der Waals surface area contributed by atoms with Crippen LogP contribution in [0, 0.1) is 5.92 Å². The van der Waals surface area contributed by atoms with Gasteiger partial charge in [-0.15, -0.1) is 0 Å². The molecule has 0 amide bonds. The Morgan fingerprint density at radius 1 is 1.61 bits per heavy atom. The predicted molar refractivity (Wildman–Crippen MR) is 70.0 cm³/mol.